The molecule has 0 radical (unpaired) electrons. The molecule has 0 saturated heterocycles. The zero-order valence-electron chi connectivity index (χ0n) is 14.2. The zero-order chi connectivity index (χ0) is 17.4. The Morgan fingerprint density at radius 3 is 2.48 bits per heavy atom. The van der Waals surface area contributed by atoms with Gasteiger partial charge in [-0.2, -0.15) is 0 Å². The number of nitrogens with zero attached hydrogens (tertiary/aromatic N) is 2. The van der Waals surface area contributed by atoms with Crippen molar-refractivity contribution in [3.05, 3.63) is 22.7 Å². The van der Waals surface area contributed by atoms with Crippen molar-refractivity contribution < 1.29 is 14.3 Å². The van der Waals surface area contributed by atoms with Crippen molar-refractivity contribution in [1.29, 1.82) is 0 Å². The molecular formula is C17H23BrN2O3. The molecule has 1 aliphatic heterocycles. The first-order chi connectivity index (χ1) is 10.6. The molecule has 1 atom stereocenters. The summed E-state index contributed by atoms with van der Waals surface area (Å²) in [6.07, 6.45) is 0.368. The maximum absolute atomic E-state index is 12.6. The Labute approximate surface area is 145 Å². The van der Waals surface area contributed by atoms with Gasteiger partial charge in [-0.3, -0.25) is 9.69 Å². The molecule has 126 valence electrons. The van der Waals surface area contributed by atoms with Gasteiger partial charge in [0.25, 0.3) is 0 Å². The van der Waals surface area contributed by atoms with Crippen molar-refractivity contribution in [3.63, 3.8) is 0 Å². The van der Waals surface area contributed by atoms with E-state index in [9.17, 15) is 9.59 Å². The van der Waals surface area contributed by atoms with Crippen LogP contribution in [0.2, 0.25) is 0 Å². The van der Waals surface area contributed by atoms with Crippen LogP contribution in [-0.4, -0.2) is 30.2 Å². The summed E-state index contributed by atoms with van der Waals surface area (Å²) in [6.45, 7) is 9.52. The fourth-order valence-electron chi connectivity index (χ4n) is 2.73. The van der Waals surface area contributed by atoms with Crippen molar-refractivity contribution >= 4 is 39.3 Å². The molecule has 0 N–H and O–H groups in total. The van der Waals surface area contributed by atoms with Crippen LogP contribution in [0, 0.1) is 0 Å². The number of rotatable bonds is 1. The van der Waals surface area contributed by atoms with Crippen molar-refractivity contribution in [2.75, 3.05) is 16.3 Å². The molecule has 0 fully saturated rings. The van der Waals surface area contributed by atoms with Crippen LogP contribution < -0.4 is 9.80 Å². The van der Waals surface area contributed by atoms with E-state index in [0.717, 1.165) is 16.6 Å². The standard InChI is InChI=1S/C17H23BrN2O3/c1-6-13-10-19(16(22)23-17(3,4)5)15-9-12(18)7-8-14(15)20(13)11(2)21/h7-9,13H,6,10H2,1-5H3. The maximum Gasteiger partial charge on any atom is 0.414 e. The van der Waals surface area contributed by atoms with Crippen LogP contribution in [0.1, 0.15) is 41.0 Å². The normalized spacial score (nSPS) is 17.7. The lowest BCUT2D eigenvalue weighted by Gasteiger charge is -2.42. The topological polar surface area (TPSA) is 49.9 Å². The smallest absolute Gasteiger partial charge is 0.414 e. The number of carbonyl (C=O) groups is 2. The van der Waals surface area contributed by atoms with Crippen LogP contribution in [-0.2, 0) is 9.53 Å². The number of hydrogen-bond donors (Lipinski definition) is 0. The SMILES string of the molecule is CCC1CN(C(=O)OC(C)(C)C)c2cc(Br)ccc2N1C(C)=O. The van der Waals surface area contributed by atoms with E-state index in [1.807, 2.05) is 45.9 Å². The number of anilines is 2. The summed E-state index contributed by atoms with van der Waals surface area (Å²) in [5, 5.41) is 0. The van der Waals surface area contributed by atoms with E-state index in [2.05, 4.69) is 15.9 Å². The second-order valence-electron chi connectivity index (χ2n) is 6.68. The lowest BCUT2D eigenvalue weighted by molar-refractivity contribution is -0.117. The number of fused-ring (bicyclic) bond motifs is 1. The van der Waals surface area contributed by atoms with Crippen molar-refractivity contribution in [3.8, 4) is 0 Å². The molecule has 23 heavy (non-hydrogen) atoms. The highest BCUT2D eigenvalue weighted by Gasteiger charge is 2.36. The number of halogens is 1. The lowest BCUT2D eigenvalue weighted by atomic mass is 10.0. The molecule has 0 aliphatic carbocycles. The molecule has 1 aromatic carbocycles. The molecule has 1 heterocycles. The Morgan fingerprint density at radius 1 is 1.30 bits per heavy atom. The van der Waals surface area contributed by atoms with E-state index >= 15 is 0 Å². The quantitative estimate of drug-likeness (QED) is 0.725. The fraction of sp³-hybridized carbons (Fsp3) is 0.529. The first kappa shape index (κ1) is 17.8. The van der Waals surface area contributed by atoms with E-state index in [0.29, 0.717) is 12.2 Å². The Bertz CT molecular complexity index is 625. The number of carbonyl (C=O) groups excluding carboxylic acids is 2. The molecular weight excluding hydrogens is 360 g/mol. The first-order valence-electron chi connectivity index (χ1n) is 7.74. The molecule has 1 unspecified atom stereocenters. The predicted molar refractivity (Wildman–Crippen MR) is 95.0 cm³/mol. The van der Waals surface area contributed by atoms with Crippen molar-refractivity contribution in [1.82, 2.24) is 0 Å². The molecule has 6 heteroatoms. The van der Waals surface area contributed by atoms with Gasteiger partial charge in [0, 0.05) is 11.4 Å². The summed E-state index contributed by atoms with van der Waals surface area (Å²) in [4.78, 5) is 28.1. The Morgan fingerprint density at radius 2 is 1.96 bits per heavy atom. The third-order valence-corrected chi connectivity index (χ3v) is 4.16. The highest BCUT2D eigenvalue weighted by molar-refractivity contribution is 9.10. The Kier molecular flexibility index (Phi) is 5.04. The fourth-order valence-corrected chi connectivity index (χ4v) is 3.08. The first-order valence-corrected chi connectivity index (χ1v) is 8.53. The molecule has 2 amide bonds. The van der Waals surface area contributed by atoms with E-state index in [-0.39, 0.29) is 11.9 Å². The average Bonchev–Trinajstić information content (AvgIpc) is 2.43. The van der Waals surface area contributed by atoms with Crippen LogP contribution in [0.25, 0.3) is 0 Å². The van der Waals surface area contributed by atoms with Gasteiger partial charge in [0.2, 0.25) is 5.91 Å². The zero-order valence-corrected chi connectivity index (χ0v) is 15.8. The van der Waals surface area contributed by atoms with E-state index < -0.39 is 11.7 Å². The summed E-state index contributed by atoms with van der Waals surface area (Å²) in [5.74, 6) is -0.0238. The largest absolute Gasteiger partial charge is 0.443 e. The molecule has 0 aromatic heterocycles. The minimum atomic E-state index is -0.567. The van der Waals surface area contributed by atoms with Gasteiger partial charge in [0.05, 0.1) is 24.0 Å². The predicted octanol–water partition coefficient (Wildman–Crippen LogP) is 4.34. The number of benzene rings is 1. The van der Waals surface area contributed by atoms with Gasteiger partial charge in [0.15, 0.2) is 0 Å². The van der Waals surface area contributed by atoms with Crippen molar-refractivity contribution in [2.45, 2.75) is 52.7 Å². The van der Waals surface area contributed by atoms with Crippen LogP contribution in [0.5, 0.6) is 0 Å². The lowest BCUT2D eigenvalue weighted by Crippen LogP contribution is -2.53. The minimum absolute atomic E-state index is 0.0238. The third-order valence-electron chi connectivity index (χ3n) is 3.67. The van der Waals surface area contributed by atoms with Gasteiger partial charge in [-0.25, -0.2) is 4.79 Å². The molecule has 2 rings (SSSR count). The van der Waals surface area contributed by atoms with Crippen LogP contribution >= 0.6 is 15.9 Å². The third kappa shape index (κ3) is 3.86. The van der Waals surface area contributed by atoms with Gasteiger partial charge in [-0.1, -0.05) is 22.9 Å². The average molecular weight is 383 g/mol. The molecule has 0 saturated carbocycles. The Balaban J connectivity index is 2.49. The number of ether oxygens (including phenoxy) is 1. The summed E-state index contributed by atoms with van der Waals surface area (Å²) >= 11 is 3.44. The summed E-state index contributed by atoms with van der Waals surface area (Å²) in [5.41, 5.74) is 0.862. The number of amides is 2. The second-order valence-corrected chi connectivity index (χ2v) is 7.59. The molecule has 1 aliphatic rings. The van der Waals surface area contributed by atoms with Gasteiger partial charge < -0.3 is 9.64 Å². The second kappa shape index (κ2) is 6.51. The summed E-state index contributed by atoms with van der Waals surface area (Å²) in [6, 6.07) is 5.52. The molecule has 0 spiro atoms. The van der Waals surface area contributed by atoms with E-state index in [1.165, 1.54) is 0 Å². The van der Waals surface area contributed by atoms with Crippen LogP contribution in [0.3, 0.4) is 0 Å². The minimum Gasteiger partial charge on any atom is -0.443 e. The maximum atomic E-state index is 12.6. The monoisotopic (exact) mass is 382 g/mol. The van der Waals surface area contributed by atoms with Gasteiger partial charge in [-0.15, -0.1) is 0 Å². The highest BCUT2D eigenvalue weighted by Crippen LogP contribution is 2.39. The van der Waals surface area contributed by atoms with Crippen molar-refractivity contribution in [2.24, 2.45) is 0 Å². The highest BCUT2D eigenvalue weighted by atomic mass is 79.9. The number of hydrogen-bond acceptors (Lipinski definition) is 3. The van der Waals surface area contributed by atoms with Gasteiger partial charge in [0.1, 0.15) is 5.60 Å². The summed E-state index contributed by atoms with van der Waals surface area (Å²) in [7, 11) is 0. The molecule has 5 nitrogen and oxygen atoms in total. The van der Waals surface area contributed by atoms with Gasteiger partial charge >= 0.3 is 6.09 Å². The van der Waals surface area contributed by atoms with Crippen LogP contribution in [0.15, 0.2) is 22.7 Å². The molecule has 0 bridgehead atoms. The molecule has 1 aromatic rings. The van der Waals surface area contributed by atoms with E-state index in [4.69, 9.17) is 4.74 Å². The summed E-state index contributed by atoms with van der Waals surface area (Å²) < 4.78 is 6.38. The van der Waals surface area contributed by atoms with Gasteiger partial charge in [-0.05, 0) is 45.4 Å². The Hall–Kier alpha value is -1.56. The van der Waals surface area contributed by atoms with Crippen LogP contribution in [0.4, 0.5) is 16.2 Å². The van der Waals surface area contributed by atoms with E-state index in [1.54, 1.807) is 16.7 Å².